The molecule has 1 aliphatic rings. The molecule has 98 valence electrons. The molecule has 0 atom stereocenters. The lowest BCUT2D eigenvalue weighted by molar-refractivity contribution is -0.153. The molecule has 0 unspecified atom stereocenters. The predicted octanol–water partition coefficient (Wildman–Crippen LogP) is 1.09. The van der Waals surface area contributed by atoms with Gasteiger partial charge in [-0.1, -0.05) is 17.8 Å². The van der Waals surface area contributed by atoms with E-state index in [1.807, 2.05) is 6.92 Å². The zero-order valence-corrected chi connectivity index (χ0v) is 10.9. The van der Waals surface area contributed by atoms with Gasteiger partial charge in [-0.25, -0.2) is 0 Å². The fourth-order valence-corrected chi connectivity index (χ4v) is 2.68. The minimum absolute atomic E-state index is 0.183. The van der Waals surface area contributed by atoms with Gasteiger partial charge >= 0.3 is 5.97 Å². The van der Waals surface area contributed by atoms with Crippen LogP contribution in [-0.4, -0.2) is 33.1 Å². The number of aromatic nitrogens is 2. The molecule has 18 heavy (non-hydrogen) atoms. The summed E-state index contributed by atoms with van der Waals surface area (Å²) in [6, 6.07) is 0. The van der Waals surface area contributed by atoms with Gasteiger partial charge in [0.25, 0.3) is 5.91 Å². The SMILES string of the molecule is CCc1nnsc1C(=O)NCC1(C(=O)O)CCC1. The first kappa shape index (κ1) is 12.9. The second-order valence-corrected chi connectivity index (χ2v) is 5.28. The van der Waals surface area contributed by atoms with E-state index >= 15 is 0 Å². The van der Waals surface area contributed by atoms with E-state index in [2.05, 4.69) is 14.9 Å². The van der Waals surface area contributed by atoms with Gasteiger partial charge in [-0.2, -0.15) is 0 Å². The fourth-order valence-electron chi connectivity index (χ4n) is 2.01. The molecule has 1 aliphatic carbocycles. The van der Waals surface area contributed by atoms with Crippen molar-refractivity contribution >= 4 is 23.4 Å². The Labute approximate surface area is 109 Å². The van der Waals surface area contributed by atoms with E-state index in [1.54, 1.807) is 0 Å². The molecule has 0 aliphatic heterocycles. The van der Waals surface area contributed by atoms with Gasteiger partial charge in [0.1, 0.15) is 4.88 Å². The number of hydrogen-bond donors (Lipinski definition) is 2. The molecular formula is C11H15N3O3S. The molecule has 1 heterocycles. The Morgan fingerprint density at radius 2 is 2.22 bits per heavy atom. The van der Waals surface area contributed by atoms with E-state index in [0.717, 1.165) is 18.0 Å². The average Bonchev–Trinajstić information content (AvgIpc) is 2.74. The highest BCUT2D eigenvalue weighted by atomic mass is 32.1. The lowest BCUT2D eigenvalue weighted by Gasteiger charge is -2.37. The highest BCUT2D eigenvalue weighted by Gasteiger charge is 2.44. The van der Waals surface area contributed by atoms with E-state index < -0.39 is 11.4 Å². The summed E-state index contributed by atoms with van der Waals surface area (Å²) < 4.78 is 3.74. The number of hydrogen-bond acceptors (Lipinski definition) is 5. The minimum atomic E-state index is -0.827. The number of nitrogens with zero attached hydrogens (tertiary/aromatic N) is 2. The molecule has 1 aromatic heterocycles. The average molecular weight is 269 g/mol. The number of carboxylic acids is 1. The number of aryl methyl sites for hydroxylation is 1. The van der Waals surface area contributed by atoms with Crippen molar-refractivity contribution in [3.63, 3.8) is 0 Å². The fraction of sp³-hybridized carbons (Fsp3) is 0.636. The molecule has 1 aromatic rings. The maximum atomic E-state index is 11.9. The van der Waals surface area contributed by atoms with Gasteiger partial charge in [0, 0.05) is 6.54 Å². The van der Waals surface area contributed by atoms with Crippen LogP contribution in [0.2, 0.25) is 0 Å². The van der Waals surface area contributed by atoms with Crippen molar-refractivity contribution in [2.24, 2.45) is 5.41 Å². The van der Waals surface area contributed by atoms with Crippen LogP contribution in [0.15, 0.2) is 0 Å². The van der Waals surface area contributed by atoms with Gasteiger partial charge < -0.3 is 10.4 Å². The highest BCUT2D eigenvalue weighted by Crippen LogP contribution is 2.40. The molecule has 1 saturated carbocycles. The zero-order chi connectivity index (χ0) is 13.2. The topological polar surface area (TPSA) is 92.2 Å². The molecule has 0 radical (unpaired) electrons. The molecule has 0 aromatic carbocycles. The molecule has 2 rings (SSSR count). The summed E-state index contributed by atoms with van der Waals surface area (Å²) in [6.45, 7) is 2.08. The normalized spacial score (nSPS) is 16.9. The predicted molar refractivity (Wildman–Crippen MR) is 65.5 cm³/mol. The van der Waals surface area contributed by atoms with E-state index in [-0.39, 0.29) is 12.5 Å². The number of carbonyl (C=O) groups is 2. The van der Waals surface area contributed by atoms with Crippen LogP contribution in [0.1, 0.15) is 41.6 Å². The molecule has 0 bridgehead atoms. The molecule has 1 fully saturated rings. The third kappa shape index (κ3) is 2.22. The largest absolute Gasteiger partial charge is 0.481 e. The molecule has 7 heteroatoms. The highest BCUT2D eigenvalue weighted by molar-refractivity contribution is 7.08. The van der Waals surface area contributed by atoms with Crippen LogP contribution in [0.3, 0.4) is 0 Å². The first-order chi connectivity index (χ1) is 8.59. The van der Waals surface area contributed by atoms with Crippen molar-refractivity contribution in [2.75, 3.05) is 6.54 Å². The van der Waals surface area contributed by atoms with E-state index in [4.69, 9.17) is 5.11 Å². The maximum absolute atomic E-state index is 11.9. The summed E-state index contributed by atoms with van der Waals surface area (Å²) in [5.41, 5.74) is -0.101. The van der Waals surface area contributed by atoms with Crippen molar-refractivity contribution in [1.82, 2.24) is 14.9 Å². The smallest absolute Gasteiger partial charge is 0.311 e. The van der Waals surface area contributed by atoms with E-state index in [9.17, 15) is 9.59 Å². The number of nitrogens with one attached hydrogen (secondary N) is 1. The van der Waals surface area contributed by atoms with Crippen LogP contribution in [0.25, 0.3) is 0 Å². The second kappa shape index (κ2) is 5.01. The third-order valence-corrected chi connectivity index (χ3v) is 4.22. The van der Waals surface area contributed by atoms with Gasteiger partial charge in [0.15, 0.2) is 0 Å². The lowest BCUT2D eigenvalue weighted by atomic mass is 9.69. The number of amides is 1. The zero-order valence-electron chi connectivity index (χ0n) is 10.1. The molecular weight excluding hydrogens is 254 g/mol. The van der Waals surface area contributed by atoms with Gasteiger partial charge in [-0.3, -0.25) is 9.59 Å². The van der Waals surface area contributed by atoms with Crippen LogP contribution in [0.5, 0.6) is 0 Å². The molecule has 1 amide bonds. The summed E-state index contributed by atoms with van der Waals surface area (Å²) in [6.07, 6.45) is 2.81. The number of carboxylic acid groups (broad SMARTS) is 1. The van der Waals surface area contributed by atoms with Gasteiger partial charge in [-0.15, -0.1) is 5.10 Å². The summed E-state index contributed by atoms with van der Waals surface area (Å²) in [5.74, 6) is -1.10. The summed E-state index contributed by atoms with van der Waals surface area (Å²) in [7, 11) is 0. The quantitative estimate of drug-likeness (QED) is 0.834. The molecule has 2 N–H and O–H groups in total. The van der Waals surface area contributed by atoms with Crippen LogP contribution in [-0.2, 0) is 11.2 Å². The number of rotatable bonds is 5. The first-order valence-electron chi connectivity index (χ1n) is 5.92. The molecule has 0 spiro atoms. The maximum Gasteiger partial charge on any atom is 0.311 e. The van der Waals surface area contributed by atoms with Crippen molar-refractivity contribution in [1.29, 1.82) is 0 Å². The number of carbonyl (C=O) groups excluding carboxylic acids is 1. The Morgan fingerprint density at radius 1 is 1.50 bits per heavy atom. The molecule has 6 nitrogen and oxygen atoms in total. The van der Waals surface area contributed by atoms with Crippen LogP contribution >= 0.6 is 11.5 Å². The summed E-state index contributed by atoms with van der Waals surface area (Å²) in [5, 5.41) is 15.7. The van der Waals surface area contributed by atoms with Gasteiger partial charge in [0.05, 0.1) is 11.1 Å². The van der Waals surface area contributed by atoms with Gasteiger partial charge in [-0.05, 0) is 30.8 Å². The van der Waals surface area contributed by atoms with Crippen molar-refractivity contribution in [3.05, 3.63) is 10.6 Å². The minimum Gasteiger partial charge on any atom is -0.481 e. The van der Waals surface area contributed by atoms with Crippen LogP contribution < -0.4 is 5.32 Å². The van der Waals surface area contributed by atoms with Crippen molar-refractivity contribution < 1.29 is 14.7 Å². The Hall–Kier alpha value is -1.50. The Balaban J connectivity index is 1.98. The first-order valence-corrected chi connectivity index (χ1v) is 6.69. The van der Waals surface area contributed by atoms with Crippen LogP contribution in [0, 0.1) is 5.41 Å². The third-order valence-electron chi connectivity index (χ3n) is 3.45. The lowest BCUT2D eigenvalue weighted by Crippen LogP contribution is -2.47. The second-order valence-electron chi connectivity index (χ2n) is 4.52. The Morgan fingerprint density at radius 3 is 2.72 bits per heavy atom. The number of aliphatic carboxylic acids is 1. The molecule has 0 saturated heterocycles. The van der Waals surface area contributed by atoms with Gasteiger partial charge in [0.2, 0.25) is 0 Å². The summed E-state index contributed by atoms with van der Waals surface area (Å²) in [4.78, 5) is 23.6. The summed E-state index contributed by atoms with van der Waals surface area (Å²) >= 11 is 1.05. The van der Waals surface area contributed by atoms with Crippen LogP contribution in [0.4, 0.5) is 0 Å². The van der Waals surface area contributed by atoms with Crippen molar-refractivity contribution in [2.45, 2.75) is 32.6 Å². The van der Waals surface area contributed by atoms with E-state index in [0.29, 0.717) is 29.8 Å². The standard InChI is InChI=1S/C11H15N3O3S/c1-2-7-8(18-14-13-7)9(15)12-6-11(10(16)17)4-3-5-11/h2-6H2,1H3,(H,12,15)(H,16,17). The Kier molecular flexibility index (Phi) is 3.60. The van der Waals surface area contributed by atoms with Crippen molar-refractivity contribution in [3.8, 4) is 0 Å². The van der Waals surface area contributed by atoms with E-state index in [1.165, 1.54) is 0 Å². The Bertz CT molecular complexity index is 468. The monoisotopic (exact) mass is 269 g/mol.